The third-order valence-corrected chi connectivity index (χ3v) is 5.20. The number of halogens is 1. The summed E-state index contributed by atoms with van der Waals surface area (Å²) >= 11 is 3.41. The fraction of sp³-hybridized carbons (Fsp3) is 0.200. The summed E-state index contributed by atoms with van der Waals surface area (Å²) in [4.78, 5) is 35.2. The second-order valence-corrected chi connectivity index (χ2v) is 7.54. The standard InChI is InChI=1S/C20H18BrN5O2/c1-13-22-7-8-25(13)18-6-5-16(11-23-18)24-20(28)14-9-19(27)26(12-14)17-4-2-3-15(21)10-17/h2-8,10-11,14H,9,12H2,1H3,(H,24,28). The van der Waals surface area contributed by atoms with Crippen molar-refractivity contribution in [3.63, 3.8) is 0 Å². The fourth-order valence-corrected chi connectivity index (χ4v) is 3.63. The first-order chi connectivity index (χ1) is 13.5. The maximum atomic E-state index is 12.6. The van der Waals surface area contributed by atoms with Gasteiger partial charge in [-0.3, -0.25) is 14.2 Å². The van der Waals surface area contributed by atoms with E-state index in [1.165, 1.54) is 0 Å². The topological polar surface area (TPSA) is 80.1 Å². The number of benzene rings is 1. The van der Waals surface area contributed by atoms with E-state index in [0.717, 1.165) is 21.8 Å². The van der Waals surface area contributed by atoms with Crippen LogP contribution in [0.5, 0.6) is 0 Å². The van der Waals surface area contributed by atoms with Crippen molar-refractivity contribution < 1.29 is 9.59 Å². The summed E-state index contributed by atoms with van der Waals surface area (Å²) < 4.78 is 2.75. The molecular weight excluding hydrogens is 422 g/mol. The minimum absolute atomic E-state index is 0.0534. The summed E-state index contributed by atoms with van der Waals surface area (Å²) in [6, 6.07) is 11.1. The molecule has 1 fully saturated rings. The van der Waals surface area contributed by atoms with Gasteiger partial charge in [0.2, 0.25) is 11.8 Å². The van der Waals surface area contributed by atoms with Crippen LogP contribution in [-0.4, -0.2) is 32.9 Å². The van der Waals surface area contributed by atoms with Crippen LogP contribution < -0.4 is 10.2 Å². The van der Waals surface area contributed by atoms with Crippen molar-refractivity contribution in [3.05, 3.63) is 65.3 Å². The molecule has 1 saturated heterocycles. The maximum Gasteiger partial charge on any atom is 0.229 e. The number of carbonyl (C=O) groups excluding carboxylic acids is 2. The van der Waals surface area contributed by atoms with Gasteiger partial charge in [-0.2, -0.15) is 0 Å². The minimum Gasteiger partial charge on any atom is -0.324 e. The molecule has 0 spiro atoms. The highest BCUT2D eigenvalue weighted by atomic mass is 79.9. The van der Waals surface area contributed by atoms with E-state index in [2.05, 4.69) is 31.2 Å². The third-order valence-electron chi connectivity index (χ3n) is 4.70. The van der Waals surface area contributed by atoms with Crippen molar-refractivity contribution in [2.45, 2.75) is 13.3 Å². The molecule has 4 rings (SSSR count). The molecule has 2 amide bonds. The molecule has 2 aromatic heterocycles. The second kappa shape index (κ2) is 7.55. The van der Waals surface area contributed by atoms with Gasteiger partial charge in [-0.15, -0.1) is 0 Å². The van der Waals surface area contributed by atoms with Crippen molar-refractivity contribution in [1.82, 2.24) is 14.5 Å². The second-order valence-electron chi connectivity index (χ2n) is 6.62. The van der Waals surface area contributed by atoms with Gasteiger partial charge in [0.1, 0.15) is 11.6 Å². The molecule has 8 heteroatoms. The van der Waals surface area contributed by atoms with E-state index in [4.69, 9.17) is 0 Å². The molecule has 0 saturated carbocycles. The van der Waals surface area contributed by atoms with E-state index in [0.29, 0.717) is 12.2 Å². The molecule has 1 N–H and O–H groups in total. The van der Waals surface area contributed by atoms with Gasteiger partial charge in [-0.1, -0.05) is 22.0 Å². The molecule has 3 aromatic rings. The van der Waals surface area contributed by atoms with E-state index >= 15 is 0 Å². The molecule has 0 bridgehead atoms. The Morgan fingerprint density at radius 3 is 2.79 bits per heavy atom. The highest BCUT2D eigenvalue weighted by Gasteiger charge is 2.35. The molecule has 1 atom stereocenters. The van der Waals surface area contributed by atoms with Crippen LogP contribution >= 0.6 is 15.9 Å². The molecule has 0 aliphatic carbocycles. The number of anilines is 2. The quantitative estimate of drug-likeness (QED) is 0.675. The zero-order valence-corrected chi connectivity index (χ0v) is 16.8. The van der Waals surface area contributed by atoms with Gasteiger partial charge in [-0.05, 0) is 37.3 Å². The zero-order chi connectivity index (χ0) is 19.7. The van der Waals surface area contributed by atoms with Gasteiger partial charge >= 0.3 is 0 Å². The number of pyridine rings is 1. The van der Waals surface area contributed by atoms with Crippen molar-refractivity contribution in [3.8, 4) is 5.82 Å². The van der Waals surface area contributed by atoms with Gasteiger partial charge in [0.15, 0.2) is 0 Å². The Labute approximate surface area is 170 Å². The predicted octanol–water partition coefficient (Wildman–Crippen LogP) is 3.33. The van der Waals surface area contributed by atoms with Crippen molar-refractivity contribution in [2.24, 2.45) is 5.92 Å². The van der Waals surface area contributed by atoms with Crippen LogP contribution in [0.1, 0.15) is 12.2 Å². The molecule has 1 unspecified atom stereocenters. The summed E-state index contributed by atoms with van der Waals surface area (Å²) in [7, 11) is 0. The number of carbonyl (C=O) groups is 2. The fourth-order valence-electron chi connectivity index (χ4n) is 3.24. The summed E-state index contributed by atoms with van der Waals surface area (Å²) in [5.74, 6) is 0.926. The molecule has 0 radical (unpaired) electrons. The lowest BCUT2D eigenvalue weighted by Crippen LogP contribution is -2.28. The van der Waals surface area contributed by atoms with Crippen LogP contribution in [0.2, 0.25) is 0 Å². The van der Waals surface area contributed by atoms with E-state index in [1.54, 1.807) is 23.4 Å². The van der Waals surface area contributed by atoms with Crippen molar-refractivity contribution >= 4 is 39.1 Å². The van der Waals surface area contributed by atoms with Gasteiger partial charge in [0.25, 0.3) is 0 Å². The number of hydrogen-bond donors (Lipinski definition) is 1. The highest BCUT2D eigenvalue weighted by molar-refractivity contribution is 9.10. The van der Waals surface area contributed by atoms with Crippen LogP contribution in [0.15, 0.2) is 59.5 Å². The number of rotatable bonds is 4. The molecule has 7 nitrogen and oxygen atoms in total. The van der Waals surface area contributed by atoms with Gasteiger partial charge in [-0.25, -0.2) is 9.97 Å². The summed E-state index contributed by atoms with van der Waals surface area (Å²) in [6.07, 6.45) is 5.34. The first kappa shape index (κ1) is 18.4. The van der Waals surface area contributed by atoms with Crippen LogP contribution in [-0.2, 0) is 9.59 Å². The highest BCUT2D eigenvalue weighted by Crippen LogP contribution is 2.28. The number of hydrogen-bond acceptors (Lipinski definition) is 4. The number of nitrogens with one attached hydrogen (secondary N) is 1. The Hall–Kier alpha value is -3.00. The normalized spacial score (nSPS) is 16.4. The predicted molar refractivity (Wildman–Crippen MR) is 109 cm³/mol. The SMILES string of the molecule is Cc1nccn1-c1ccc(NC(=O)C2CC(=O)N(c3cccc(Br)c3)C2)cn1. The van der Waals surface area contributed by atoms with E-state index in [1.807, 2.05) is 48.0 Å². The molecule has 1 aromatic carbocycles. The third kappa shape index (κ3) is 3.68. The number of imidazole rings is 1. The molecular formula is C20H18BrN5O2. The lowest BCUT2D eigenvalue weighted by atomic mass is 10.1. The van der Waals surface area contributed by atoms with Crippen molar-refractivity contribution in [1.29, 1.82) is 0 Å². The first-order valence-electron chi connectivity index (χ1n) is 8.84. The van der Waals surface area contributed by atoms with Gasteiger partial charge in [0.05, 0.1) is 17.8 Å². The Balaban J connectivity index is 1.43. The van der Waals surface area contributed by atoms with E-state index < -0.39 is 5.92 Å². The van der Waals surface area contributed by atoms with E-state index in [9.17, 15) is 9.59 Å². The van der Waals surface area contributed by atoms with Crippen LogP contribution in [0.25, 0.3) is 5.82 Å². The monoisotopic (exact) mass is 439 g/mol. The van der Waals surface area contributed by atoms with Crippen LogP contribution in [0, 0.1) is 12.8 Å². The number of aromatic nitrogens is 3. The number of amides is 2. The van der Waals surface area contributed by atoms with Gasteiger partial charge < -0.3 is 10.2 Å². The Bertz CT molecular complexity index is 1030. The average molecular weight is 440 g/mol. The molecule has 1 aliphatic heterocycles. The Morgan fingerprint density at radius 1 is 1.25 bits per heavy atom. The first-order valence-corrected chi connectivity index (χ1v) is 9.64. The summed E-state index contributed by atoms with van der Waals surface area (Å²) in [5, 5.41) is 2.86. The number of nitrogens with zero attached hydrogens (tertiary/aromatic N) is 4. The Kier molecular flexibility index (Phi) is 4.95. The maximum absolute atomic E-state index is 12.6. The van der Waals surface area contributed by atoms with Crippen LogP contribution in [0.4, 0.5) is 11.4 Å². The van der Waals surface area contributed by atoms with E-state index in [-0.39, 0.29) is 18.2 Å². The molecule has 1 aliphatic rings. The number of aryl methyl sites for hydroxylation is 1. The lowest BCUT2D eigenvalue weighted by Gasteiger charge is -2.17. The van der Waals surface area contributed by atoms with Crippen LogP contribution in [0.3, 0.4) is 0 Å². The largest absolute Gasteiger partial charge is 0.324 e. The smallest absolute Gasteiger partial charge is 0.229 e. The zero-order valence-electron chi connectivity index (χ0n) is 15.2. The molecule has 28 heavy (non-hydrogen) atoms. The lowest BCUT2D eigenvalue weighted by molar-refractivity contribution is -0.122. The molecule has 3 heterocycles. The summed E-state index contributed by atoms with van der Waals surface area (Å²) in [5.41, 5.74) is 1.39. The average Bonchev–Trinajstić information content (AvgIpc) is 3.28. The van der Waals surface area contributed by atoms with Crippen molar-refractivity contribution in [2.75, 3.05) is 16.8 Å². The molecule has 142 valence electrons. The minimum atomic E-state index is -0.401. The van der Waals surface area contributed by atoms with Gasteiger partial charge in [0, 0.05) is 35.5 Å². The Morgan fingerprint density at radius 2 is 2.11 bits per heavy atom. The summed E-state index contributed by atoms with van der Waals surface area (Å²) in [6.45, 7) is 2.26.